The van der Waals surface area contributed by atoms with E-state index in [4.69, 9.17) is 22.3 Å². The Morgan fingerprint density at radius 1 is 1.12 bits per heavy atom. The number of aryl methyl sites for hydroxylation is 2. The summed E-state index contributed by atoms with van der Waals surface area (Å²) in [6.07, 6.45) is 4.51. The molecule has 7 nitrogen and oxygen atoms in total. The van der Waals surface area contributed by atoms with E-state index in [1.165, 1.54) is 22.4 Å². The van der Waals surface area contributed by atoms with Gasteiger partial charge >= 0.3 is 0 Å². The molecule has 0 unspecified atom stereocenters. The highest BCUT2D eigenvalue weighted by Crippen LogP contribution is 2.36. The predicted octanol–water partition coefficient (Wildman–Crippen LogP) is 4.90. The minimum atomic E-state index is 0.0591. The Morgan fingerprint density at radius 3 is 2.50 bits per heavy atom. The summed E-state index contributed by atoms with van der Waals surface area (Å²) in [5, 5.41) is 13.1. The number of rotatable bonds is 7. The lowest BCUT2D eigenvalue weighted by molar-refractivity contribution is -0.118. The van der Waals surface area contributed by atoms with Gasteiger partial charge in [-0.3, -0.25) is 14.4 Å². The molecule has 3 N–H and O–H groups in total. The summed E-state index contributed by atoms with van der Waals surface area (Å²) in [6.45, 7) is 9.94. The van der Waals surface area contributed by atoms with Crippen LogP contribution in [0.3, 0.4) is 0 Å². The number of carbonyl (C=O) groups excluding carboxylic acids is 1. The van der Waals surface area contributed by atoms with Crippen LogP contribution in [-0.4, -0.2) is 39.5 Å². The van der Waals surface area contributed by atoms with E-state index in [1.807, 2.05) is 31.2 Å². The summed E-state index contributed by atoms with van der Waals surface area (Å²) < 4.78 is 2.13. The summed E-state index contributed by atoms with van der Waals surface area (Å²) in [5.74, 6) is 1.84. The highest BCUT2D eigenvalue weighted by atomic mass is 35.5. The standard InChI is InChI=1S/C17H15ClN4S.C8H18N2O/c1-9-10(2)23-17-15(9)16(12-4-6-13(18)7-5-12)19-8-14-21-20-11(3)22(14)17;1-8(11)10-7-5-3-2-4-6-9/h4-7H,8H2,1-3H3;2-7,9H2,1H3,(H,10,11). The second-order valence-corrected chi connectivity index (χ2v) is 9.96. The van der Waals surface area contributed by atoms with E-state index in [1.54, 1.807) is 18.3 Å². The van der Waals surface area contributed by atoms with Crippen LogP contribution in [0.2, 0.25) is 5.02 Å². The summed E-state index contributed by atoms with van der Waals surface area (Å²) in [5.41, 5.74) is 9.84. The van der Waals surface area contributed by atoms with Gasteiger partial charge in [0.05, 0.1) is 5.71 Å². The highest BCUT2D eigenvalue weighted by Gasteiger charge is 2.26. The third-order valence-electron chi connectivity index (χ3n) is 5.70. The van der Waals surface area contributed by atoms with Crippen molar-refractivity contribution in [3.8, 4) is 5.00 Å². The molecule has 0 saturated carbocycles. The predicted molar refractivity (Wildman–Crippen MR) is 140 cm³/mol. The molecule has 2 aromatic heterocycles. The van der Waals surface area contributed by atoms with Gasteiger partial charge in [0.15, 0.2) is 5.82 Å². The van der Waals surface area contributed by atoms with Crippen molar-refractivity contribution in [2.45, 2.75) is 59.9 Å². The maximum Gasteiger partial charge on any atom is 0.216 e. The summed E-state index contributed by atoms with van der Waals surface area (Å²) in [7, 11) is 0. The Kier molecular flexibility index (Phi) is 9.38. The number of hydrogen-bond donors (Lipinski definition) is 2. The quantitative estimate of drug-likeness (QED) is 0.451. The van der Waals surface area contributed by atoms with Crippen LogP contribution in [0.4, 0.5) is 0 Å². The van der Waals surface area contributed by atoms with Crippen LogP contribution in [-0.2, 0) is 11.3 Å². The smallest absolute Gasteiger partial charge is 0.216 e. The molecule has 3 aromatic rings. The molecular weight excluding hydrogens is 468 g/mol. The van der Waals surface area contributed by atoms with Gasteiger partial charge in [-0.15, -0.1) is 21.5 Å². The molecule has 0 radical (unpaired) electrons. The molecule has 1 aliphatic heterocycles. The molecule has 34 heavy (non-hydrogen) atoms. The number of amides is 1. The topological polar surface area (TPSA) is 98.2 Å². The first-order valence-electron chi connectivity index (χ1n) is 11.6. The van der Waals surface area contributed by atoms with E-state index >= 15 is 0 Å². The van der Waals surface area contributed by atoms with Crippen LogP contribution in [0.1, 0.15) is 65.8 Å². The average molecular weight is 501 g/mol. The number of unbranched alkanes of at least 4 members (excludes halogenated alkanes) is 3. The second kappa shape index (κ2) is 12.2. The second-order valence-electron chi connectivity index (χ2n) is 8.32. The number of nitrogens with zero attached hydrogens (tertiary/aromatic N) is 4. The van der Waals surface area contributed by atoms with E-state index in [0.29, 0.717) is 6.54 Å². The molecule has 0 fully saturated rings. The maximum atomic E-state index is 10.4. The Hall–Kier alpha value is -2.55. The largest absolute Gasteiger partial charge is 0.356 e. The number of benzene rings is 1. The summed E-state index contributed by atoms with van der Waals surface area (Å²) in [4.78, 5) is 16.5. The van der Waals surface area contributed by atoms with Crippen molar-refractivity contribution in [3.63, 3.8) is 0 Å². The third-order valence-corrected chi connectivity index (χ3v) is 7.14. The van der Waals surface area contributed by atoms with Crippen molar-refractivity contribution >= 4 is 34.6 Å². The van der Waals surface area contributed by atoms with Gasteiger partial charge in [-0.2, -0.15) is 0 Å². The number of aromatic nitrogens is 3. The number of thiophene rings is 1. The number of nitrogens with one attached hydrogen (secondary N) is 1. The molecule has 1 aromatic carbocycles. The van der Waals surface area contributed by atoms with Crippen LogP contribution in [0.15, 0.2) is 29.3 Å². The van der Waals surface area contributed by atoms with E-state index < -0.39 is 0 Å². The van der Waals surface area contributed by atoms with Crippen molar-refractivity contribution < 1.29 is 4.79 Å². The summed E-state index contributed by atoms with van der Waals surface area (Å²) >= 11 is 7.80. The zero-order chi connectivity index (χ0) is 24.7. The van der Waals surface area contributed by atoms with Crippen molar-refractivity contribution in [1.29, 1.82) is 0 Å². The van der Waals surface area contributed by atoms with Crippen LogP contribution in [0, 0.1) is 20.8 Å². The molecule has 182 valence electrons. The van der Waals surface area contributed by atoms with Gasteiger partial charge in [-0.25, -0.2) is 0 Å². The molecule has 1 amide bonds. The number of halogens is 1. The number of carbonyl (C=O) groups is 1. The third kappa shape index (κ3) is 6.31. The molecule has 9 heteroatoms. The minimum absolute atomic E-state index is 0.0591. The first-order chi connectivity index (χ1) is 16.3. The fourth-order valence-corrected chi connectivity index (χ4v) is 5.13. The van der Waals surface area contributed by atoms with E-state index in [0.717, 1.165) is 65.3 Å². The maximum absolute atomic E-state index is 10.4. The fourth-order valence-electron chi connectivity index (χ4n) is 3.78. The van der Waals surface area contributed by atoms with E-state index in [-0.39, 0.29) is 5.91 Å². The lowest BCUT2D eigenvalue weighted by Gasteiger charge is -2.09. The molecule has 1 aliphatic rings. The zero-order valence-electron chi connectivity index (χ0n) is 20.3. The van der Waals surface area contributed by atoms with Gasteiger partial charge in [0, 0.05) is 34.5 Å². The zero-order valence-corrected chi connectivity index (χ0v) is 21.9. The Morgan fingerprint density at radius 2 is 1.82 bits per heavy atom. The van der Waals surface area contributed by atoms with Crippen LogP contribution >= 0.6 is 22.9 Å². The van der Waals surface area contributed by atoms with Crippen LogP contribution in [0.25, 0.3) is 5.00 Å². The fraction of sp³-hybridized carbons (Fsp3) is 0.440. The lowest BCUT2D eigenvalue weighted by Crippen LogP contribution is -2.20. The van der Waals surface area contributed by atoms with Gasteiger partial charge in [0.2, 0.25) is 5.91 Å². The molecule has 0 atom stereocenters. The Bertz CT molecular complexity index is 1150. The van der Waals surface area contributed by atoms with Crippen molar-refractivity contribution in [3.05, 3.63) is 62.5 Å². The number of aliphatic imine (C=N–C) groups is 1. The van der Waals surface area contributed by atoms with Gasteiger partial charge in [-0.05, 0) is 57.9 Å². The lowest BCUT2D eigenvalue weighted by atomic mass is 10.00. The Labute approximate surface area is 210 Å². The van der Waals surface area contributed by atoms with Gasteiger partial charge < -0.3 is 11.1 Å². The van der Waals surface area contributed by atoms with Crippen LogP contribution in [0.5, 0.6) is 0 Å². The molecule has 0 spiro atoms. The molecule has 0 bridgehead atoms. The molecular formula is C25H33ClN6OS. The van der Waals surface area contributed by atoms with E-state index in [2.05, 4.69) is 33.9 Å². The van der Waals surface area contributed by atoms with Crippen LogP contribution < -0.4 is 11.1 Å². The average Bonchev–Trinajstić information content (AvgIpc) is 3.25. The van der Waals surface area contributed by atoms with Gasteiger partial charge in [-0.1, -0.05) is 36.6 Å². The monoisotopic (exact) mass is 500 g/mol. The van der Waals surface area contributed by atoms with Crippen molar-refractivity contribution in [1.82, 2.24) is 20.1 Å². The summed E-state index contributed by atoms with van der Waals surface area (Å²) in [6, 6.07) is 7.86. The minimum Gasteiger partial charge on any atom is -0.356 e. The van der Waals surface area contributed by atoms with Crippen molar-refractivity contribution in [2.24, 2.45) is 10.7 Å². The Balaban J connectivity index is 0.000000252. The first-order valence-corrected chi connectivity index (χ1v) is 12.8. The van der Waals surface area contributed by atoms with Gasteiger partial charge in [0.1, 0.15) is 17.4 Å². The normalized spacial score (nSPS) is 12.1. The molecule has 0 aliphatic carbocycles. The van der Waals surface area contributed by atoms with Crippen molar-refractivity contribution in [2.75, 3.05) is 13.1 Å². The SMILES string of the molecule is CC(=O)NCCCCCCN.Cc1sc2c(c1C)C(c1ccc(Cl)cc1)=NCc1nnc(C)n1-2. The first kappa shape index (κ1) is 26.1. The van der Waals surface area contributed by atoms with Gasteiger partial charge in [0.25, 0.3) is 0 Å². The number of hydrogen-bond acceptors (Lipinski definition) is 6. The number of fused-ring (bicyclic) bond motifs is 3. The van der Waals surface area contributed by atoms with E-state index in [9.17, 15) is 4.79 Å². The molecule has 3 heterocycles. The molecule has 0 saturated heterocycles. The number of nitrogens with two attached hydrogens (primary N) is 1. The highest BCUT2D eigenvalue weighted by molar-refractivity contribution is 7.15. The molecule has 4 rings (SSSR count).